The molecule has 1 rings (SSSR count). The molecule has 0 aromatic carbocycles. The summed E-state index contributed by atoms with van der Waals surface area (Å²) in [6.45, 7) is 9.62. The minimum atomic E-state index is 1.11. The van der Waals surface area contributed by atoms with Gasteiger partial charge in [-0.15, -0.1) is 0 Å². The Balaban J connectivity index is 2.07. The van der Waals surface area contributed by atoms with Crippen LogP contribution in [0.2, 0.25) is 0 Å². The van der Waals surface area contributed by atoms with Crippen LogP contribution in [0.1, 0.15) is 0 Å². The summed E-state index contributed by atoms with van der Waals surface area (Å²) < 4.78 is 0. The zero-order valence-electron chi connectivity index (χ0n) is 10.5. The molecule has 0 unspecified atom stereocenters. The molecule has 0 spiro atoms. The Labute approximate surface area is 94.2 Å². The maximum atomic E-state index is 3.20. The van der Waals surface area contributed by atoms with E-state index in [1.165, 1.54) is 45.8 Å². The van der Waals surface area contributed by atoms with Crippen molar-refractivity contribution in [2.75, 3.05) is 73.5 Å². The molecule has 0 aromatic heterocycles. The maximum absolute atomic E-state index is 3.20. The highest BCUT2D eigenvalue weighted by molar-refractivity contribution is 4.72. The molecule has 4 heteroatoms. The summed E-state index contributed by atoms with van der Waals surface area (Å²) in [5, 5.41) is 3.20. The van der Waals surface area contributed by atoms with Gasteiger partial charge in [0.15, 0.2) is 0 Å². The van der Waals surface area contributed by atoms with Crippen molar-refractivity contribution in [2.45, 2.75) is 0 Å². The van der Waals surface area contributed by atoms with Crippen LogP contribution in [0.15, 0.2) is 0 Å². The van der Waals surface area contributed by atoms with Crippen molar-refractivity contribution < 1.29 is 0 Å². The third-order valence-corrected chi connectivity index (χ3v) is 3.01. The number of hydrogen-bond donors (Lipinski definition) is 1. The zero-order valence-corrected chi connectivity index (χ0v) is 10.5. The first-order valence-electron chi connectivity index (χ1n) is 5.96. The first kappa shape index (κ1) is 12.9. The van der Waals surface area contributed by atoms with Crippen LogP contribution in [0, 0.1) is 0 Å². The molecular weight excluding hydrogens is 188 g/mol. The lowest BCUT2D eigenvalue weighted by Gasteiger charge is -2.35. The van der Waals surface area contributed by atoms with Gasteiger partial charge in [-0.3, -0.25) is 9.80 Å². The third-order valence-electron chi connectivity index (χ3n) is 3.01. The Kier molecular flexibility index (Phi) is 6.17. The Hall–Kier alpha value is -0.160. The van der Waals surface area contributed by atoms with Gasteiger partial charge in [0.2, 0.25) is 0 Å². The fourth-order valence-corrected chi connectivity index (χ4v) is 1.85. The number of hydrogen-bond acceptors (Lipinski definition) is 4. The van der Waals surface area contributed by atoms with Crippen molar-refractivity contribution in [3.63, 3.8) is 0 Å². The Bertz CT molecular complexity index is 153. The second-order valence-corrected chi connectivity index (χ2v) is 4.59. The first-order valence-corrected chi connectivity index (χ1v) is 5.96. The molecule has 1 saturated heterocycles. The Morgan fingerprint density at radius 2 is 1.53 bits per heavy atom. The van der Waals surface area contributed by atoms with Crippen LogP contribution in [-0.2, 0) is 0 Å². The molecule has 0 radical (unpaired) electrons. The van der Waals surface area contributed by atoms with E-state index in [4.69, 9.17) is 0 Å². The largest absolute Gasteiger partial charge is 0.318 e. The summed E-state index contributed by atoms with van der Waals surface area (Å²) in [6, 6.07) is 0. The average Bonchev–Trinajstić information content (AvgIpc) is 2.25. The van der Waals surface area contributed by atoms with Gasteiger partial charge < -0.3 is 10.2 Å². The maximum Gasteiger partial charge on any atom is 0.0110 e. The van der Waals surface area contributed by atoms with Crippen LogP contribution >= 0.6 is 0 Å². The van der Waals surface area contributed by atoms with E-state index in [9.17, 15) is 0 Å². The fourth-order valence-electron chi connectivity index (χ4n) is 1.85. The van der Waals surface area contributed by atoms with Gasteiger partial charge in [0.1, 0.15) is 0 Å². The predicted molar refractivity (Wildman–Crippen MR) is 65.4 cm³/mol. The summed E-state index contributed by atoms with van der Waals surface area (Å²) in [6.07, 6.45) is 0. The molecule has 0 atom stereocenters. The van der Waals surface area contributed by atoms with Crippen molar-refractivity contribution >= 4 is 0 Å². The van der Waals surface area contributed by atoms with Gasteiger partial charge in [0, 0.05) is 52.4 Å². The van der Waals surface area contributed by atoms with Gasteiger partial charge in [-0.1, -0.05) is 0 Å². The molecule has 0 saturated carbocycles. The third kappa shape index (κ3) is 5.47. The van der Waals surface area contributed by atoms with E-state index in [-0.39, 0.29) is 0 Å². The van der Waals surface area contributed by atoms with Crippen LogP contribution < -0.4 is 5.32 Å². The van der Waals surface area contributed by atoms with E-state index in [0.717, 1.165) is 6.54 Å². The van der Waals surface area contributed by atoms with Crippen molar-refractivity contribution in [3.8, 4) is 0 Å². The molecule has 0 amide bonds. The molecule has 0 bridgehead atoms. The number of nitrogens with one attached hydrogen (secondary N) is 1. The predicted octanol–water partition coefficient (Wildman–Crippen LogP) is -0.615. The number of nitrogens with zero attached hydrogens (tertiary/aromatic N) is 3. The highest BCUT2D eigenvalue weighted by Gasteiger charge is 2.15. The van der Waals surface area contributed by atoms with Gasteiger partial charge in [0.05, 0.1) is 0 Å². The molecule has 90 valence electrons. The smallest absolute Gasteiger partial charge is 0.0110 e. The topological polar surface area (TPSA) is 21.8 Å². The summed E-state index contributed by atoms with van der Waals surface area (Å²) in [4.78, 5) is 7.37. The van der Waals surface area contributed by atoms with Gasteiger partial charge in [-0.2, -0.15) is 0 Å². The van der Waals surface area contributed by atoms with Crippen LogP contribution in [0.3, 0.4) is 0 Å². The number of likely N-dealkylation sites (N-methyl/N-ethyl adjacent to an activating group) is 2. The first-order chi connectivity index (χ1) is 7.22. The second-order valence-electron chi connectivity index (χ2n) is 4.59. The Morgan fingerprint density at radius 3 is 2.00 bits per heavy atom. The molecule has 0 aromatic rings. The average molecular weight is 214 g/mol. The molecule has 1 aliphatic rings. The summed E-state index contributed by atoms with van der Waals surface area (Å²) in [5.74, 6) is 0. The Morgan fingerprint density at radius 1 is 1.00 bits per heavy atom. The fraction of sp³-hybridized carbons (Fsp3) is 1.00. The number of piperazine rings is 1. The highest BCUT2D eigenvalue weighted by atomic mass is 15.3. The minimum absolute atomic E-state index is 1.11. The standard InChI is InChI=1S/C11H26N4/c1-12-4-5-14-8-10-15(11-9-14)7-6-13(2)3/h12H,4-11H2,1-3H3. The van der Waals surface area contributed by atoms with Crippen molar-refractivity contribution in [1.29, 1.82) is 0 Å². The lowest BCUT2D eigenvalue weighted by Crippen LogP contribution is -2.49. The van der Waals surface area contributed by atoms with Gasteiger partial charge >= 0.3 is 0 Å². The molecule has 1 fully saturated rings. The van der Waals surface area contributed by atoms with E-state index in [1.54, 1.807) is 0 Å². The lowest BCUT2D eigenvalue weighted by molar-refractivity contribution is 0.126. The molecule has 0 aliphatic carbocycles. The molecule has 4 nitrogen and oxygen atoms in total. The molecule has 1 N–H and O–H groups in total. The lowest BCUT2D eigenvalue weighted by atomic mass is 10.3. The second kappa shape index (κ2) is 7.17. The van der Waals surface area contributed by atoms with E-state index >= 15 is 0 Å². The van der Waals surface area contributed by atoms with Gasteiger partial charge in [-0.05, 0) is 21.1 Å². The van der Waals surface area contributed by atoms with Crippen LogP contribution in [0.25, 0.3) is 0 Å². The zero-order chi connectivity index (χ0) is 11.1. The highest BCUT2D eigenvalue weighted by Crippen LogP contribution is 2.00. The van der Waals surface area contributed by atoms with Crippen LogP contribution in [0.5, 0.6) is 0 Å². The van der Waals surface area contributed by atoms with Crippen LogP contribution in [0.4, 0.5) is 0 Å². The summed E-state index contributed by atoms with van der Waals surface area (Å²) in [5.41, 5.74) is 0. The van der Waals surface area contributed by atoms with Gasteiger partial charge in [0.25, 0.3) is 0 Å². The molecule has 1 aliphatic heterocycles. The van der Waals surface area contributed by atoms with Gasteiger partial charge in [-0.25, -0.2) is 0 Å². The SMILES string of the molecule is CNCCN1CCN(CCN(C)C)CC1. The van der Waals surface area contributed by atoms with Crippen molar-refractivity contribution in [1.82, 2.24) is 20.0 Å². The monoisotopic (exact) mass is 214 g/mol. The molecular formula is C11H26N4. The van der Waals surface area contributed by atoms with E-state index in [1.807, 2.05) is 7.05 Å². The van der Waals surface area contributed by atoms with E-state index < -0.39 is 0 Å². The summed E-state index contributed by atoms with van der Waals surface area (Å²) >= 11 is 0. The van der Waals surface area contributed by atoms with Crippen LogP contribution in [-0.4, -0.2) is 88.2 Å². The normalized spacial score (nSPS) is 20.0. The molecule has 15 heavy (non-hydrogen) atoms. The quantitative estimate of drug-likeness (QED) is 0.636. The van der Waals surface area contributed by atoms with E-state index in [0.29, 0.717) is 0 Å². The number of rotatable bonds is 6. The van der Waals surface area contributed by atoms with Crippen molar-refractivity contribution in [2.24, 2.45) is 0 Å². The van der Waals surface area contributed by atoms with Crippen molar-refractivity contribution in [3.05, 3.63) is 0 Å². The minimum Gasteiger partial charge on any atom is -0.318 e. The van der Waals surface area contributed by atoms with E-state index in [2.05, 4.69) is 34.1 Å². The molecule has 1 heterocycles. The summed E-state index contributed by atoms with van der Waals surface area (Å²) in [7, 11) is 6.31.